The predicted molar refractivity (Wildman–Crippen MR) is 197 cm³/mol. The first kappa shape index (κ1) is 39.2. The lowest BCUT2D eigenvalue weighted by Gasteiger charge is -2.38. The summed E-state index contributed by atoms with van der Waals surface area (Å²) in [4.78, 5) is 69.6. The standard InChI is InChI=1S/C40H55N5O6/c1-11-13-18-28(33(47)35(49)41-19-12-2)42-34(48)32-31-27(40(31,9)10)22-45(32)37(51)26(38(3,4)5)20-30(46)43-29(39(6,7)8)23-44-21-24-16-14-15-17-25(24)36(44)50/h1,12,14-17,21,26-29,31-32,50H,2,13,18-20,22-23H2,3-10H3,(H,41,49)(H,42,48)(H,43,46)/t26-,27+,28?,29-,31+,32+/m1/s1. The molecule has 11 heteroatoms. The van der Waals surface area contributed by atoms with Crippen LogP contribution in [0.15, 0.2) is 43.1 Å². The van der Waals surface area contributed by atoms with Crippen molar-refractivity contribution < 1.29 is 29.1 Å². The second kappa shape index (κ2) is 14.9. The van der Waals surface area contributed by atoms with E-state index in [2.05, 4.69) is 42.3 Å². The van der Waals surface area contributed by atoms with Gasteiger partial charge in [0.05, 0.1) is 18.0 Å². The van der Waals surface area contributed by atoms with Crippen LogP contribution in [0.3, 0.4) is 0 Å². The number of aromatic hydroxyl groups is 1. The Labute approximate surface area is 302 Å². The fourth-order valence-corrected chi connectivity index (χ4v) is 7.45. The van der Waals surface area contributed by atoms with E-state index in [0.717, 1.165) is 10.8 Å². The minimum absolute atomic E-state index is 0.0667. The molecule has 1 unspecified atom stereocenters. The van der Waals surface area contributed by atoms with Gasteiger partial charge in [0.25, 0.3) is 5.91 Å². The molecule has 1 saturated carbocycles. The number of amides is 4. The molecule has 2 aliphatic rings. The van der Waals surface area contributed by atoms with Crippen molar-refractivity contribution in [1.29, 1.82) is 0 Å². The smallest absolute Gasteiger partial charge is 0.289 e. The van der Waals surface area contributed by atoms with Gasteiger partial charge in [-0.2, -0.15) is 0 Å². The van der Waals surface area contributed by atoms with Crippen molar-refractivity contribution in [3.8, 4) is 18.2 Å². The Morgan fingerprint density at radius 2 is 1.75 bits per heavy atom. The van der Waals surface area contributed by atoms with Crippen LogP contribution in [0.2, 0.25) is 0 Å². The van der Waals surface area contributed by atoms with E-state index in [1.807, 2.05) is 72.0 Å². The maximum atomic E-state index is 14.5. The number of likely N-dealkylation sites (tertiary alicyclic amines) is 1. The molecule has 2 heterocycles. The Hall–Kier alpha value is -4.59. The van der Waals surface area contributed by atoms with Gasteiger partial charge < -0.3 is 30.5 Å². The molecule has 4 rings (SSSR count). The molecule has 11 nitrogen and oxygen atoms in total. The third-order valence-electron chi connectivity index (χ3n) is 10.9. The molecule has 2 aromatic rings. The van der Waals surface area contributed by atoms with Gasteiger partial charge in [0.2, 0.25) is 23.5 Å². The molecule has 4 N–H and O–H groups in total. The Morgan fingerprint density at radius 1 is 1.08 bits per heavy atom. The SMILES string of the molecule is C#CCCC(NC(=O)[C@@H]1[C@@H]2[C@H](CN1C(=O)[C@@H](CC(=O)N[C@H](Cn1cc3ccccc3c1O)C(C)(C)C)C(C)(C)C)C2(C)C)C(=O)C(=O)NCC=C. The monoisotopic (exact) mass is 701 g/mol. The summed E-state index contributed by atoms with van der Waals surface area (Å²) in [5.41, 5.74) is -1.23. The Kier molecular flexibility index (Phi) is 11.5. The summed E-state index contributed by atoms with van der Waals surface area (Å²) in [6.07, 6.45) is 8.88. The number of carbonyl (C=O) groups is 5. The van der Waals surface area contributed by atoms with Gasteiger partial charge in [-0.3, -0.25) is 24.0 Å². The lowest BCUT2D eigenvalue weighted by Crippen LogP contribution is -2.57. The highest BCUT2D eigenvalue weighted by Gasteiger charge is 2.69. The fraction of sp³-hybridized carbons (Fsp3) is 0.575. The van der Waals surface area contributed by atoms with Crippen LogP contribution in [-0.4, -0.2) is 75.2 Å². The fourth-order valence-electron chi connectivity index (χ4n) is 7.45. The number of terminal acetylenes is 1. The molecule has 0 spiro atoms. The zero-order chi connectivity index (χ0) is 38.1. The van der Waals surface area contributed by atoms with Crippen LogP contribution in [0.4, 0.5) is 0 Å². The van der Waals surface area contributed by atoms with Crippen molar-refractivity contribution in [1.82, 2.24) is 25.4 Å². The van der Waals surface area contributed by atoms with E-state index in [0.29, 0.717) is 13.1 Å². The molecule has 0 radical (unpaired) electrons. The topological polar surface area (TPSA) is 150 Å². The van der Waals surface area contributed by atoms with Gasteiger partial charge in [-0.25, -0.2) is 0 Å². The average Bonchev–Trinajstić information content (AvgIpc) is 3.34. The quantitative estimate of drug-likeness (QED) is 0.132. The van der Waals surface area contributed by atoms with Crippen LogP contribution in [0.1, 0.15) is 74.7 Å². The van der Waals surface area contributed by atoms with Crippen LogP contribution in [0.5, 0.6) is 5.88 Å². The number of carbonyl (C=O) groups excluding carboxylic acids is 5. The molecule has 1 aliphatic heterocycles. The molecule has 4 amide bonds. The van der Waals surface area contributed by atoms with Gasteiger partial charge in [-0.05, 0) is 40.6 Å². The summed E-state index contributed by atoms with van der Waals surface area (Å²) in [5.74, 6) is -1.07. The largest absolute Gasteiger partial charge is 0.494 e. The first-order chi connectivity index (χ1) is 23.7. The van der Waals surface area contributed by atoms with Gasteiger partial charge in [0.1, 0.15) is 6.04 Å². The van der Waals surface area contributed by atoms with Gasteiger partial charge >= 0.3 is 0 Å². The zero-order valence-electron chi connectivity index (χ0n) is 31.3. The van der Waals surface area contributed by atoms with Crippen LogP contribution in [-0.2, 0) is 30.5 Å². The number of hydrogen-bond donors (Lipinski definition) is 4. The minimum Gasteiger partial charge on any atom is -0.494 e. The van der Waals surface area contributed by atoms with Crippen LogP contribution >= 0.6 is 0 Å². The summed E-state index contributed by atoms with van der Waals surface area (Å²) in [5, 5.41) is 20.9. The van der Waals surface area contributed by atoms with E-state index in [4.69, 9.17) is 6.42 Å². The summed E-state index contributed by atoms with van der Waals surface area (Å²) < 4.78 is 1.74. The third kappa shape index (κ3) is 8.49. The van der Waals surface area contributed by atoms with E-state index in [1.165, 1.54) is 6.08 Å². The zero-order valence-corrected chi connectivity index (χ0v) is 31.3. The normalized spacial score (nSPS) is 21.1. The van der Waals surface area contributed by atoms with Crippen molar-refractivity contribution >= 4 is 40.2 Å². The maximum Gasteiger partial charge on any atom is 0.289 e. The van der Waals surface area contributed by atoms with E-state index in [1.54, 1.807) is 9.47 Å². The number of piperidine rings is 1. The third-order valence-corrected chi connectivity index (χ3v) is 10.9. The molecule has 6 atom stereocenters. The maximum absolute atomic E-state index is 14.5. The van der Waals surface area contributed by atoms with E-state index < -0.39 is 41.0 Å². The summed E-state index contributed by atoms with van der Waals surface area (Å²) >= 11 is 0. The molecule has 1 saturated heterocycles. The number of nitrogens with zero attached hydrogens (tertiary/aromatic N) is 2. The summed E-state index contributed by atoms with van der Waals surface area (Å²) in [7, 11) is 0. The number of benzene rings is 1. The Morgan fingerprint density at radius 3 is 2.33 bits per heavy atom. The second-order valence-electron chi connectivity index (χ2n) is 16.9. The molecule has 276 valence electrons. The average molecular weight is 702 g/mol. The van der Waals surface area contributed by atoms with Gasteiger partial charge in [-0.1, -0.05) is 79.7 Å². The predicted octanol–water partition coefficient (Wildman–Crippen LogP) is 4.18. The highest BCUT2D eigenvalue weighted by atomic mass is 16.3. The molecular formula is C40H55N5O6. The van der Waals surface area contributed by atoms with Crippen molar-refractivity contribution in [2.45, 2.75) is 99.3 Å². The second-order valence-corrected chi connectivity index (χ2v) is 16.9. The molecule has 51 heavy (non-hydrogen) atoms. The number of nitrogens with one attached hydrogen (secondary N) is 3. The number of fused-ring (bicyclic) bond motifs is 2. The Bertz CT molecular complexity index is 1720. The van der Waals surface area contributed by atoms with Gasteiger partial charge in [-0.15, -0.1) is 18.9 Å². The molecule has 1 aromatic carbocycles. The Balaban J connectivity index is 1.55. The van der Waals surface area contributed by atoms with Crippen molar-refractivity contribution in [3.63, 3.8) is 0 Å². The van der Waals surface area contributed by atoms with Gasteiger partial charge in [0, 0.05) is 49.4 Å². The number of hydrogen-bond acceptors (Lipinski definition) is 6. The van der Waals surface area contributed by atoms with E-state index >= 15 is 0 Å². The highest BCUT2D eigenvalue weighted by Crippen LogP contribution is 2.65. The lowest BCUT2D eigenvalue weighted by atomic mass is 9.77. The first-order valence-corrected chi connectivity index (χ1v) is 17.8. The number of rotatable bonds is 14. The van der Waals surface area contributed by atoms with Crippen LogP contribution in [0.25, 0.3) is 10.8 Å². The molecular weight excluding hydrogens is 646 g/mol. The van der Waals surface area contributed by atoms with Crippen LogP contribution in [0, 0.1) is 46.3 Å². The number of aromatic nitrogens is 1. The summed E-state index contributed by atoms with van der Waals surface area (Å²) in [6.45, 7) is 20.2. The molecule has 2 fully saturated rings. The van der Waals surface area contributed by atoms with Crippen molar-refractivity contribution in [3.05, 3.63) is 43.1 Å². The first-order valence-electron chi connectivity index (χ1n) is 17.8. The number of Topliss-reactive ketones (excluding diaryl/α,β-unsaturated/α-hetero) is 1. The van der Waals surface area contributed by atoms with Crippen molar-refractivity contribution in [2.24, 2.45) is 34.0 Å². The molecule has 0 bridgehead atoms. The highest BCUT2D eigenvalue weighted by molar-refractivity contribution is 6.38. The van der Waals surface area contributed by atoms with Gasteiger partial charge in [0.15, 0.2) is 5.88 Å². The molecule has 1 aromatic heterocycles. The minimum atomic E-state index is -1.16. The molecule has 1 aliphatic carbocycles. The van der Waals surface area contributed by atoms with E-state index in [-0.39, 0.29) is 72.2 Å². The van der Waals surface area contributed by atoms with E-state index in [9.17, 15) is 29.1 Å². The lowest BCUT2D eigenvalue weighted by molar-refractivity contribution is -0.149. The number of ketones is 1. The van der Waals surface area contributed by atoms with Crippen LogP contribution < -0.4 is 16.0 Å². The summed E-state index contributed by atoms with van der Waals surface area (Å²) in [6, 6.07) is 5.11. The van der Waals surface area contributed by atoms with Crippen molar-refractivity contribution in [2.75, 3.05) is 13.1 Å².